The molecule has 1 N–H and O–H groups in total. The molecule has 0 fully saturated rings. The maximum Gasteiger partial charge on any atom is 0.120 e. The highest BCUT2D eigenvalue weighted by molar-refractivity contribution is 5.63. The molecule has 0 amide bonds. The van der Waals surface area contributed by atoms with E-state index in [-0.39, 0.29) is 0 Å². The van der Waals surface area contributed by atoms with Crippen LogP contribution >= 0.6 is 0 Å². The highest BCUT2D eigenvalue weighted by Crippen LogP contribution is 2.30. The third kappa shape index (κ3) is 4.40. The maximum absolute atomic E-state index is 9.15. The Balaban J connectivity index is 1.38. The van der Waals surface area contributed by atoms with E-state index in [1.54, 1.807) is 0 Å². The van der Waals surface area contributed by atoms with Gasteiger partial charge in [-0.05, 0) is 71.6 Å². The minimum atomic E-state index is 0.296. The summed E-state index contributed by atoms with van der Waals surface area (Å²) in [6.07, 6.45) is 4.24. The zero-order valence-corrected chi connectivity index (χ0v) is 15.6. The summed E-state index contributed by atoms with van der Waals surface area (Å²) < 4.78 is 6.04. The minimum Gasteiger partial charge on any atom is -0.489 e. The zero-order chi connectivity index (χ0) is 18.5. The molecule has 3 aromatic rings. The molecule has 0 spiro atoms. The molecule has 2 heteroatoms. The van der Waals surface area contributed by atoms with E-state index in [9.17, 15) is 0 Å². The number of aryl methyl sites for hydroxylation is 1. The molecule has 0 saturated carbocycles. The topological polar surface area (TPSA) is 29.5 Å². The van der Waals surface area contributed by atoms with E-state index in [0.29, 0.717) is 19.1 Å². The van der Waals surface area contributed by atoms with Crippen LogP contribution < -0.4 is 4.74 Å². The number of hydrogen-bond acceptors (Lipinski definition) is 2. The smallest absolute Gasteiger partial charge is 0.120 e. The summed E-state index contributed by atoms with van der Waals surface area (Å²) in [5.41, 5.74) is 6.46. The largest absolute Gasteiger partial charge is 0.489 e. The van der Waals surface area contributed by atoms with Gasteiger partial charge in [-0.3, -0.25) is 0 Å². The first-order chi connectivity index (χ1) is 13.3. The van der Waals surface area contributed by atoms with E-state index < -0.39 is 0 Å². The van der Waals surface area contributed by atoms with Gasteiger partial charge in [-0.15, -0.1) is 0 Å². The Bertz CT molecular complexity index is 869. The van der Waals surface area contributed by atoms with Gasteiger partial charge >= 0.3 is 0 Å². The fraction of sp³-hybridized carbons (Fsp3) is 0.280. The second-order valence-corrected chi connectivity index (χ2v) is 7.40. The number of hydrogen-bond donors (Lipinski definition) is 1. The maximum atomic E-state index is 9.15. The first kappa shape index (κ1) is 17.8. The van der Waals surface area contributed by atoms with Crippen LogP contribution in [-0.4, -0.2) is 11.7 Å². The normalized spacial score (nSPS) is 16.0. The standard InChI is InChI=1S/C25H26O2/c26-15-14-19-6-11-24-17-25(13-12-23(24)16-19)27-18-20-7-9-22(10-8-20)21-4-2-1-3-5-21/h1-5,7-10,12-13,17,19,26H,6,11,14-16,18H2. The van der Waals surface area contributed by atoms with Gasteiger partial charge in [0, 0.05) is 6.61 Å². The average Bonchev–Trinajstić information content (AvgIpc) is 2.73. The van der Waals surface area contributed by atoms with Gasteiger partial charge in [0.25, 0.3) is 0 Å². The third-order valence-electron chi connectivity index (χ3n) is 5.51. The van der Waals surface area contributed by atoms with Gasteiger partial charge in [-0.25, -0.2) is 0 Å². The van der Waals surface area contributed by atoms with Crippen molar-refractivity contribution in [3.05, 3.63) is 89.5 Å². The second kappa shape index (κ2) is 8.41. The lowest BCUT2D eigenvalue weighted by molar-refractivity contribution is 0.248. The van der Waals surface area contributed by atoms with Crippen molar-refractivity contribution in [1.82, 2.24) is 0 Å². The minimum absolute atomic E-state index is 0.296. The fourth-order valence-corrected chi connectivity index (χ4v) is 3.92. The Labute approximate surface area is 161 Å². The van der Waals surface area contributed by atoms with Crippen molar-refractivity contribution in [2.75, 3.05) is 6.61 Å². The summed E-state index contributed by atoms with van der Waals surface area (Å²) >= 11 is 0. The Hall–Kier alpha value is -2.58. The molecule has 1 unspecified atom stereocenters. The van der Waals surface area contributed by atoms with Gasteiger partial charge in [-0.2, -0.15) is 0 Å². The first-order valence-electron chi connectivity index (χ1n) is 9.81. The molecule has 0 bridgehead atoms. The number of aliphatic hydroxyl groups excluding tert-OH is 1. The number of ether oxygens (including phenoxy) is 1. The van der Waals surface area contributed by atoms with Crippen LogP contribution in [0.25, 0.3) is 11.1 Å². The Morgan fingerprint density at radius 3 is 2.41 bits per heavy atom. The zero-order valence-electron chi connectivity index (χ0n) is 15.6. The van der Waals surface area contributed by atoms with Crippen molar-refractivity contribution in [2.45, 2.75) is 32.3 Å². The summed E-state index contributed by atoms with van der Waals surface area (Å²) in [5.74, 6) is 1.57. The molecule has 2 nitrogen and oxygen atoms in total. The highest BCUT2D eigenvalue weighted by Gasteiger charge is 2.18. The van der Waals surface area contributed by atoms with Gasteiger partial charge in [0.15, 0.2) is 0 Å². The van der Waals surface area contributed by atoms with E-state index in [1.165, 1.54) is 27.8 Å². The average molecular weight is 358 g/mol. The monoisotopic (exact) mass is 358 g/mol. The molecule has 0 saturated heterocycles. The van der Waals surface area contributed by atoms with Crippen LogP contribution in [0.3, 0.4) is 0 Å². The first-order valence-corrected chi connectivity index (χ1v) is 9.81. The van der Waals surface area contributed by atoms with Crippen molar-refractivity contribution >= 4 is 0 Å². The van der Waals surface area contributed by atoms with Gasteiger partial charge in [0.2, 0.25) is 0 Å². The summed E-state index contributed by atoms with van der Waals surface area (Å²) in [4.78, 5) is 0. The van der Waals surface area contributed by atoms with Gasteiger partial charge in [0.05, 0.1) is 0 Å². The Kier molecular flexibility index (Phi) is 5.55. The van der Waals surface area contributed by atoms with Crippen molar-refractivity contribution in [3.63, 3.8) is 0 Å². The van der Waals surface area contributed by atoms with Crippen LogP contribution in [0, 0.1) is 5.92 Å². The predicted octanol–water partition coefficient (Wildman–Crippen LogP) is 5.42. The molecule has 0 radical (unpaired) electrons. The van der Waals surface area contributed by atoms with E-state index in [1.807, 2.05) is 6.07 Å². The molecule has 1 aliphatic carbocycles. The van der Waals surface area contributed by atoms with Crippen LogP contribution in [0.1, 0.15) is 29.5 Å². The van der Waals surface area contributed by atoms with E-state index in [2.05, 4.69) is 66.7 Å². The van der Waals surface area contributed by atoms with Crippen molar-refractivity contribution in [3.8, 4) is 16.9 Å². The van der Waals surface area contributed by atoms with Crippen molar-refractivity contribution in [2.24, 2.45) is 5.92 Å². The van der Waals surface area contributed by atoms with E-state index in [0.717, 1.165) is 31.4 Å². The summed E-state index contributed by atoms with van der Waals surface area (Å²) in [7, 11) is 0. The predicted molar refractivity (Wildman–Crippen MR) is 110 cm³/mol. The molecule has 0 heterocycles. The number of fused-ring (bicyclic) bond motifs is 1. The van der Waals surface area contributed by atoms with Crippen molar-refractivity contribution in [1.29, 1.82) is 0 Å². The molecule has 0 aliphatic heterocycles. The molecular weight excluding hydrogens is 332 g/mol. The number of benzene rings is 3. The summed E-state index contributed by atoms with van der Waals surface area (Å²) in [5, 5.41) is 9.15. The Morgan fingerprint density at radius 2 is 1.63 bits per heavy atom. The van der Waals surface area contributed by atoms with Crippen LogP contribution in [0.4, 0.5) is 0 Å². The van der Waals surface area contributed by atoms with Crippen molar-refractivity contribution < 1.29 is 9.84 Å². The molecule has 1 atom stereocenters. The molecule has 0 aromatic heterocycles. The number of aliphatic hydroxyl groups is 1. The summed E-state index contributed by atoms with van der Waals surface area (Å²) in [6.45, 7) is 0.880. The third-order valence-corrected chi connectivity index (χ3v) is 5.51. The quantitative estimate of drug-likeness (QED) is 0.637. The van der Waals surface area contributed by atoms with E-state index >= 15 is 0 Å². The van der Waals surface area contributed by atoms with Gasteiger partial charge < -0.3 is 9.84 Å². The number of rotatable bonds is 6. The lowest BCUT2D eigenvalue weighted by Gasteiger charge is -2.24. The van der Waals surface area contributed by atoms with Gasteiger partial charge in [0.1, 0.15) is 12.4 Å². The molecule has 27 heavy (non-hydrogen) atoms. The molecule has 1 aliphatic rings. The van der Waals surface area contributed by atoms with Gasteiger partial charge in [-0.1, -0.05) is 60.7 Å². The molecule has 3 aromatic carbocycles. The molecule has 138 valence electrons. The van der Waals surface area contributed by atoms with E-state index in [4.69, 9.17) is 9.84 Å². The second-order valence-electron chi connectivity index (χ2n) is 7.40. The molecule has 4 rings (SSSR count). The lowest BCUT2D eigenvalue weighted by Crippen LogP contribution is -2.15. The summed E-state index contributed by atoms with van der Waals surface area (Å²) in [6, 6.07) is 25.5. The highest BCUT2D eigenvalue weighted by atomic mass is 16.5. The van der Waals surface area contributed by atoms with Crippen LogP contribution in [-0.2, 0) is 19.4 Å². The van der Waals surface area contributed by atoms with Crippen LogP contribution in [0.5, 0.6) is 5.75 Å². The fourth-order valence-electron chi connectivity index (χ4n) is 3.92. The van der Waals surface area contributed by atoms with Crippen LogP contribution in [0.15, 0.2) is 72.8 Å². The lowest BCUT2D eigenvalue weighted by atomic mass is 9.82. The van der Waals surface area contributed by atoms with Crippen LogP contribution in [0.2, 0.25) is 0 Å². The SMILES string of the molecule is OCCC1CCc2cc(OCc3ccc(-c4ccccc4)cc3)ccc2C1. The Morgan fingerprint density at radius 1 is 0.852 bits per heavy atom. The molecular formula is C25H26O2.